The highest BCUT2D eigenvalue weighted by molar-refractivity contribution is 9.09. The Hall–Kier alpha value is -0.830. The van der Waals surface area contributed by atoms with Crippen LogP contribution < -0.4 is 0 Å². The van der Waals surface area contributed by atoms with Crippen molar-refractivity contribution in [2.75, 3.05) is 5.33 Å². The summed E-state index contributed by atoms with van der Waals surface area (Å²) in [5.41, 5.74) is 1.86. The van der Waals surface area contributed by atoms with Gasteiger partial charge in [-0.3, -0.25) is 4.79 Å². The van der Waals surface area contributed by atoms with E-state index in [1.54, 1.807) is 12.1 Å². The second-order valence-electron chi connectivity index (χ2n) is 3.17. The molecule has 0 spiro atoms. The molecule has 0 saturated carbocycles. The van der Waals surface area contributed by atoms with E-state index < -0.39 is 0 Å². The normalized spacial score (nSPS) is 10.1. The molecule has 0 aliphatic heterocycles. The van der Waals surface area contributed by atoms with Crippen LogP contribution in [0.1, 0.15) is 18.1 Å². The zero-order chi connectivity index (χ0) is 10.6. The van der Waals surface area contributed by atoms with Crippen LogP contribution in [0, 0.1) is 0 Å². The van der Waals surface area contributed by atoms with Crippen molar-refractivity contribution in [2.24, 2.45) is 0 Å². The fourth-order valence-corrected chi connectivity index (χ4v) is 1.51. The molecule has 1 N–H and O–H groups in total. The highest BCUT2D eigenvalue weighted by Gasteiger charge is 2.04. The van der Waals surface area contributed by atoms with Crippen LogP contribution in [0.4, 0.5) is 0 Å². The number of carbonyl (C=O) groups is 1. The number of rotatable bonds is 4. The zero-order valence-corrected chi connectivity index (χ0v) is 9.67. The van der Waals surface area contributed by atoms with E-state index in [1.165, 1.54) is 0 Å². The molecule has 0 bridgehead atoms. The summed E-state index contributed by atoms with van der Waals surface area (Å²) in [5.74, 6) is 0.459. The smallest absolute Gasteiger partial charge is 0.147 e. The molecule has 1 rings (SSSR count). The fourth-order valence-electron chi connectivity index (χ4n) is 1.31. The van der Waals surface area contributed by atoms with Crippen LogP contribution in [0.3, 0.4) is 0 Å². The summed E-state index contributed by atoms with van der Waals surface area (Å²) < 4.78 is 0. The predicted octanol–water partition coefficient (Wildman–Crippen LogP) is 2.46. The van der Waals surface area contributed by atoms with Crippen LogP contribution >= 0.6 is 15.9 Å². The predicted molar refractivity (Wildman–Crippen MR) is 60.0 cm³/mol. The molecule has 0 fully saturated rings. The first-order valence-corrected chi connectivity index (χ1v) is 5.68. The Morgan fingerprint density at radius 3 is 2.79 bits per heavy atom. The number of benzene rings is 1. The number of Topliss-reactive ketones (excluding diaryl/α,β-unsaturated/α-hetero) is 1. The number of aryl methyl sites for hydroxylation is 1. The van der Waals surface area contributed by atoms with Crippen LogP contribution in [0.25, 0.3) is 0 Å². The van der Waals surface area contributed by atoms with Gasteiger partial charge in [0.15, 0.2) is 0 Å². The van der Waals surface area contributed by atoms with Crippen molar-refractivity contribution < 1.29 is 9.90 Å². The molecule has 0 atom stereocenters. The molecule has 0 aromatic heterocycles. The van der Waals surface area contributed by atoms with Gasteiger partial charge in [0.1, 0.15) is 11.5 Å². The second kappa shape index (κ2) is 5.15. The first kappa shape index (κ1) is 11.2. The van der Waals surface area contributed by atoms with E-state index in [0.717, 1.165) is 17.5 Å². The number of phenols is 1. The van der Waals surface area contributed by atoms with Crippen molar-refractivity contribution in [1.29, 1.82) is 0 Å². The van der Waals surface area contributed by atoms with Crippen molar-refractivity contribution in [2.45, 2.75) is 19.8 Å². The highest BCUT2D eigenvalue weighted by atomic mass is 79.9. The molecule has 3 heteroatoms. The van der Waals surface area contributed by atoms with E-state index in [4.69, 9.17) is 0 Å². The highest BCUT2D eigenvalue weighted by Crippen LogP contribution is 2.19. The van der Waals surface area contributed by atoms with E-state index >= 15 is 0 Å². The number of alkyl halides is 1. The molecule has 14 heavy (non-hydrogen) atoms. The van der Waals surface area contributed by atoms with Crippen molar-refractivity contribution in [3.05, 3.63) is 29.3 Å². The number of hydrogen-bond acceptors (Lipinski definition) is 2. The van der Waals surface area contributed by atoms with Crippen molar-refractivity contribution in [1.82, 2.24) is 0 Å². The van der Waals surface area contributed by atoms with E-state index in [1.807, 2.05) is 13.0 Å². The third-order valence-corrected chi connectivity index (χ3v) is 2.70. The van der Waals surface area contributed by atoms with Gasteiger partial charge in [-0.15, -0.1) is 0 Å². The minimum absolute atomic E-state index is 0.151. The molecule has 0 aliphatic rings. The third kappa shape index (κ3) is 2.84. The van der Waals surface area contributed by atoms with E-state index in [-0.39, 0.29) is 5.78 Å². The quantitative estimate of drug-likeness (QED) is 0.841. The molecule has 0 amide bonds. The summed E-state index contributed by atoms with van der Waals surface area (Å²) in [6.07, 6.45) is 1.21. The lowest BCUT2D eigenvalue weighted by atomic mass is 10.0. The van der Waals surface area contributed by atoms with Crippen LogP contribution in [0.2, 0.25) is 0 Å². The van der Waals surface area contributed by atoms with Gasteiger partial charge in [-0.2, -0.15) is 0 Å². The van der Waals surface area contributed by atoms with Crippen molar-refractivity contribution in [3.63, 3.8) is 0 Å². The maximum atomic E-state index is 11.2. The van der Waals surface area contributed by atoms with Gasteiger partial charge < -0.3 is 5.11 Å². The van der Waals surface area contributed by atoms with Crippen LogP contribution in [0.15, 0.2) is 18.2 Å². The van der Waals surface area contributed by atoms with Gasteiger partial charge in [-0.25, -0.2) is 0 Å². The summed E-state index contributed by atoms with van der Waals surface area (Å²) >= 11 is 3.12. The summed E-state index contributed by atoms with van der Waals surface area (Å²) in [5, 5.41) is 9.82. The first-order chi connectivity index (χ1) is 6.67. The maximum absolute atomic E-state index is 11.2. The van der Waals surface area contributed by atoms with Gasteiger partial charge in [-0.05, 0) is 23.6 Å². The van der Waals surface area contributed by atoms with E-state index in [9.17, 15) is 9.90 Å². The van der Waals surface area contributed by atoms with Gasteiger partial charge >= 0.3 is 0 Å². The van der Waals surface area contributed by atoms with Crippen LogP contribution in [-0.4, -0.2) is 16.2 Å². The molecule has 0 heterocycles. The zero-order valence-electron chi connectivity index (χ0n) is 8.09. The molecular formula is C11H13BrO2. The molecule has 0 unspecified atom stereocenters. The number of halogens is 1. The average molecular weight is 257 g/mol. The van der Waals surface area contributed by atoms with Crippen LogP contribution in [-0.2, 0) is 17.6 Å². The number of aromatic hydroxyl groups is 1. The van der Waals surface area contributed by atoms with Crippen molar-refractivity contribution in [3.8, 4) is 5.75 Å². The molecule has 1 aromatic carbocycles. The van der Waals surface area contributed by atoms with Gasteiger partial charge in [0.2, 0.25) is 0 Å². The SMILES string of the molecule is CCc1cc(CC(=O)CBr)ccc1O. The second-order valence-corrected chi connectivity index (χ2v) is 3.73. The van der Waals surface area contributed by atoms with Crippen LogP contribution in [0.5, 0.6) is 5.75 Å². The minimum Gasteiger partial charge on any atom is -0.508 e. The van der Waals surface area contributed by atoms with E-state index in [0.29, 0.717) is 17.5 Å². The minimum atomic E-state index is 0.151. The van der Waals surface area contributed by atoms with Gasteiger partial charge in [0.25, 0.3) is 0 Å². The Labute approximate surface area is 92.1 Å². The molecule has 76 valence electrons. The molecule has 0 saturated heterocycles. The summed E-state index contributed by atoms with van der Waals surface area (Å²) in [4.78, 5) is 11.2. The largest absolute Gasteiger partial charge is 0.508 e. The molecule has 0 aliphatic carbocycles. The number of phenolic OH excluding ortho intramolecular Hbond substituents is 1. The first-order valence-electron chi connectivity index (χ1n) is 4.55. The van der Waals surface area contributed by atoms with Gasteiger partial charge in [-0.1, -0.05) is 35.0 Å². The number of hydrogen-bond donors (Lipinski definition) is 1. The molecule has 2 nitrogen and oxygen atoms in total. The van der Waals surface area contributed by atoms with Gasteiger partial charge in [0, 0.05) is 6.42 Å². The Morgan fingerprint density at radius 2 is 2.21 bits per heavy atom. The molecule has 0 radical (unpaired) electrons. The topological polar surface area (TPSA) is 37.3 Å². The maximum Gasteiger partial charge on any atom is 0.147 e. The Balaban J connectivity index is 2.84. The lowest BCUT2D eigenvalue weighted by Gasteiger charge is -2.04. The third-order valence-electron chi connectivity index (χ3n) is 2.08. The molecule has 1 aromatic rings. The fraction of sp³-hybridized carbons (Fsp3) is 0.364. The Bertz CT molecular complexity index is 334. The number of ketones is 1. The Kier molecular flexibility index (Phi) is 4.14. The van der Waals surface area contributed by atoms with Gasteiger partial charge in [0.05, 0.1) is 5.33 Å². The standard InChI is InChI=1S/C11H13BrO2/c1-2-9-5-8(3-4-11(9)14)6-10(13)7-12/h3-5,14H,2,6-7H2,1H3. The average Bonchev–Trinajstić information content (AvgIpc) is 2.20. The lowest BCUT2D eigenvalue weighted by molar-refractivity contribution is -0.115. The molecular weight excluding hydrogens is 244 g/mol. The number of carbonyl (C=O) groups excluding carboxylic acids is 1. The van der Waals surface area contributed by atoms with E-state index in [2.05, 4.69) is 15.9 Å². The summed E-state index contributed by atoms with van der Waals surface area (Å²) in [6, 6.07) is 5.32. The lowest BCUT2D eigenvalue weighted by Crippen LogP contribution is -2.03. The monoisotopic (exact) mass is 256 g/mol. The Morgan fingerprint density at radius 1 is 1.50 bits per heavy atom. The summed E-state index contributed by atoms with van der Waals surface area (Å²) in [6.45, 7) is 1.98. The summed E-state index contributed by atoms with van der Waals surface area (Å²) in [7, 11) is 0. The van der Waals surface area contributed by atoms with Crippen molar-refractivity contribution >= 4 is 21.7 Å².